The van der Waals surface area contributed by atoms with Crippen LogP contribution in [-0.4, -0.2) is 71.8 Å². The molecule has 0 bridgehead atoms. The smallest absolute Gasteiger partial charge is 0.255 e. The number of rotatable bonds is 7. The Kier molecular flexibility index (Phi) is 7.10. The van der Waals surface area contributed by atoms with Gasteiger partial charge in [0, 0.05) is 43.4 Å². The van der Waals surface area contributed by atoms with Gasteiger partial charge in [0.1, 0.15) is 0 Å². The summed E-state index contributed by atoms with van der Waals surface area (Å²) in [6.45, 7) is 10.5. The van der Waals surface area contributed by atoms with Gasteiger partial charge >= 0.3 is 0 Å². The maximum atomic E-state index is 12.7. The van der Waals surface area contributed by atoms with Crippen LogP contribution in [0.1, 0.15) is 33.7 Å². The molecular formula is C21H30ClN5O. The number of likely N-dealkylation sites (N-methyl/N-ethyl adjacent to an activating group) is 1. The number of benzene rings is 1. The Hall–Kier alpha value is -1.89. The minimum Gasteiger partial charge on any atom is -0.352 e. The summed E-state index contributed by atoms with van der Waals surface area (Å²) < 4.78 is 1.86. The average Bonchev–Trinajstić information content (AvgIpc) is 2.95. The lowest BCUT2D eigenvalue weighted by molar-refractivity contribution is 0.0948. The molecule has 2 heterocycles. The standard InChI is InChI=1S/C21H30ClN5O/c1-16-20(17(2)27(24-16)15-18-7-4-5-8-19(18)22)21(28)23-9-6-10-26-13-11-25(3)12-14-26/h4-5,7-8H,6,9-15H2,1-3H3,(H,23,28). The fourth-order valence-electron chi connectivity index (χ4n) is 3.63. The Bertz CT molecular complexity index is 811. The van der Waals surface area contributed by atoms with Gasteiger partial charge in [-0.05, 0) is 45.5 Å². The summed E-state index contributed by atoms with van der Waals surface area (Å²) in [5.41, 5.74) is 3.29. The van der Waals surface area contributed by atoms with E-state index in [1.165, 1.54) is 0 Å². The number of aromatic nitrogens is 2. The van der Waals surface area contributed by atoms with Crippen molar-refractivity contribution < 1.29 is 4.79 Å². The van der Waals surface area contributed by atoms with Gasteiger partial charge in [-0.15, -0.1) is 0 Å². The molecule has 0 aliphatic carbocycles. The van der Waals surface area contributed by atoms with E-state index in [-0.39, 0.29) is 5.91 Å². The topological polar surface area (TPSA) is 53.4 Å². The number of carbonyl (C=O) groups is 1. The molecule has 1 aromatic heterocycles. The number of hydrogen-bond donors (Lipinski definition) is 1. The Morgan fingerprint density at radius 2 is 1.89 bits per heavy atom. The number of nitrogens with one attached hydrogen (secondary N) is 1. The molecule has 1 amide bonds. The molecule has 0 unspecified atom stereocenters. The molecule has 1 fully saturated rings. The zero-order valence-electron chi connectivity index (χ0n) is 17.0. The summed E-state index contributed by atoms with van der Waals surface area (Å²) in [6.07, 6.45) is 0.960. The van der Waals surface area contributed by atoms with Crippen LogP contribution in [0.5, 0.6) is 0 Å². The summed E-state index contributed by atoms with van der Waals surface area (Å²) in [6, 6.07) is 7.72. The molecule has 0 atom stereocenters. The Balaban J connectivity index is 1.54. The van der Waals surface area contributed by atoms with E-state index in [1.54, 1.807) is 0 Å². The first kappa shape index (κ1) is 20.8. The van der Waals surface area contributed by atoms with Crippen LogP contribution in [0.3, 0.4) is 0 Å². The number of piperazine rings is 1. The second-order valence-electron chi connectivity index (χ2n) is 7.55. The van der Waals surface area contributed by atoms with Crippen LogP contribution in [0, 0.1) is 13.8 Å². The van der Waals surface area contributed by atoms with Crippen molar-refractivity contribution in [3.63, 3.8) is 0 Å². The predicted octanol–water partition coefficient (Wildman–Crippen LogP) is 2.57. The third kappa shape index (κ3) is 5.13. The molecule has 1 aliphatic heterocycles. The van der Waals surface area contributed by atoms with E-state index in [1.807, 2.05) is 42.8 Å². The van der Waals surface area contributed by atoms with Crippen molar-refractivity contribution in [2.24, 2.45) is 0 Å². The van der Waals surface area contributed by atoms with Gasteiger partial charge in [-0.3, -0.25) is 9.48 Å². The molecule has 0 radical (unpaired) electrons. The first-order valence-corrected chi connectivity index (χ1v) is 10.3. The normalized spacial score (nSPS) is 15.7. The molecule has 1 aromatic carbocycles. The van der Waals surface area contributed by atoms with Gasteiger partial charge in [-0.1, -0.05) is 29.8 Å². The predicted molar refractivity (Wildman–Crippen MR) is 113 cm³/mol. The van der Waals surface area contributed by atoms with Crippen LogP contribution >= 0.6 is 11.6 Å². The minimum absolute atomic E-state index is 0.0428. The Morgan fingerprint density at radius 1 is 1.18 bits per heavy atom. The van der Waals surface area contributed by atoms with Gasteiger partial charge in [0.2, 0.25) is 0 Å². The van der Waals surface area contributed by atoms with Gasteiger partial charge in [-0.25, -0.2) is 0 Å². The maximum absolute atomic E-state index is 12.7. The number of halogens is 1. The van der Waals surface area contributed by atoms with Crippen molar-refractivity contribution in [2.45, 2.75) is 26.8 Å². The SMILES string of the molecule is Cc1nn(Cc2ccccc2Cl)c(C)c1C(=O)NCCCN1CCN(C)CC1. The molecule has 1 saturated heterocycles. The first-order chi connectivity index (χ1) is 13.5. The van der Waals surface area contributed by atoms with E-state index in [4.69, 9.17) is 11.6 Å². The maximum Gasteiger partial charge on any atom is 0.255 e. The summed E-state index contributed by atoms with van der Waals surface area (Å²) in [4.78, 5) is 17.5. The van der Waals surface area contributed by atoms with Crippen LogP contribution in [0.15, 0.2) is 24.3 Å². The zero-order chi connectivity index (χ0) is 20.1. The molecule has 1 aliphatic rings. The van der Waals surface area contributed by atoms with Crippen molar-refractivity contribution in [3.05, 3.63) is 51.8 Å². The van der Waals surface area contributed by atoms with Gasteiger partial charge in [0.05, 0.1) is 17.8 Å². The molecule has 0 spiro atoms. The van der Waals surface area contributed by atoms with Crippen LogP contribution in [0.4, 0.5) is 0 Å². The minimum atomic E-state index is -0.0428. The van der Waals surface area contributed by atoms with E-state index in [0.29, 0.717) is 23.7 Å². The highest BCUT2D eigenvalue weighted by Gasteiger charge is 2.19. The average molecular weight is 404 g/mol. The van der Waals surface area contributed by atoms with E-state index in [2.05, 4.69) is 27.3 Å². The lowest BCUT2D eigenvalue weighted by atomic mass is 10.1. The fourth-order valence-corrected chi connectivity index (χ4v) is 3.83. The molecule has 7 heteroatoms. The van der Waals surface area contributed by atoms with Crippen LogP contribution < -0.4 is 5.32 Å². The van der Waals surface area contributed by atoms with Crippen molar-refractivity contribution in [2.75, 3.05) is 46.3 Å². The highest BCUT2D eigenvalue weighted by Crippen LogP contribution is 2.19. The second-order valence-corrected chi connectivity index (χ2v) is 7.96. The van der Waals surface area contributed by atoms with Crippen molar-refractivity contribution in [1.82, 2.24) is 24.9 Å². The molecule has 1 N–H and O–H groups in total. The van der Waals surface area contributed by atoms with E-state index in [0.717, 1.165) is 56.1 Å². The third-order valence-corrected chi connectivity index (χ3v) is 5.79. The number of carbonyl (C=O) groups excluding carboxylic acids is 1. The highest BCUT2D eigenvalue weighted by atomic mass is 35.5. The molecule has 0 saturated carbocycles. The zero-order valence-corrected chi connectivity index (χ0v) is 17.8. The number of nitrogens with zero attached hydrogens (tertiary/aromatic N) is 4. The van der Waals surface area contributed by atoms with Gasteiger partial charge in [0.25, 0.3) is 5.91 Å². The van der Waals surface area contributed by atoms with Gasteiger partial charge < -0.3 is 15.1 Å². The quantitative estimate of drug-likeness (QED) is 0.722. The van der Waals surface area contributed by atoms with Gasteiger partial charge in [-0.2, -0.15) is 5.10 Å². The van der Waals surface area contributed by atoms with Crippen molar-refractivity contribution in [3.8, 4) is 0 Å². The largest absolute Gasteiger partial charge is 0.352 e. The highest BCUT2D eigenvalue weighted by molar-refractivity contribution is 6.31. The lowest BCUT2D eigenvalue weighted by Crippen LogP contribution is -2.45. The lowest BCUT2D eigenvalue weighted by Gasteiger charge is -2.32. The molecule has 3 rings (SSSR count). The number of hydrogen-bond acceptors (Lipinski definition) is 4. The third-order valence-electron chi connectivity index (χ3n) is 5.42. The molecular weight excluding hydrogens is 374 g/mol. The summed E-state index contributed by atoms with van der Waals surface area (Å²) in [5.74, 6) is -0.0428. The fraction of sp³-hybridized carbons (Fsp3) is 0.524. The first-order valence-electron chi connectivity index (χ1n) is 9.92. The van der Waals surface area contributed by atoms with Crippen LogP contribution in [0.25, 0.3) is 0 Å². The Morgan fingerprint density at radius 3 is 2.61 bits per heavy atom. The number of amides is 1. The van der Waals surface area contributed by atoms with E-state index < -0.39 is 0 Å². The summed E-state index contributed by atoms with van der Waals surface area (Å²) in [7, 11) is 2.16. The Labute approximate surface area is 172 Å². The molecule has 28 heavy (non-hydrogen) atoms. The monoisotopic (exact) mass is 403 g/mol. The summed E-state index contributed by atoms with van der Waals surface area (Å²) >= 11 is 6.27. The summed E-state index contributed by atoms with van der Waals surface area (Å²) in [5, 5.41) is 8.34. The molecule has 6 nitrogen and oxygen atoms in total. The van der Waals surface area contributed by atoms with E-state index >= 15 is 0 Å². The van der Waals surface area contributed by atoms with Gasteiger partial charge in [0.15, 0.2) is 0 Å². The van der Waals surface area contributed by atoms with Crippen molar-refractivity contribution >= 4 is 17.5 Å². The van der Waals surface area contributed by atoms with Crippen LogP contribution in [-0.2, 0) is 6.54 Å². The number of aryl methyl sites for hydroxylation is 1. The van der Waals surface area contributed by atoms with E-state index in [9.17, 15) is 4.79 Å². The molecule has 2 aromatic rings. The molecule has 152 valence electrons. The van der Waals surface area contributed by atoms with Crippen molar-refractivity contribution in [1.29, 1.82) is 0 Å². The van der Waals surface area contributed by atoms with Crippen LogP contribution in [0.2, 0.25) is 5.02 Å². The second kappa shape index (κ2) is 9.54.